The summed E-state index contributed by atoms with van der Waals surface area (Å²) >= 11 is 0. The molecule has 1 saturated heterocycles. The van der Waals surface area contributed by atoms with Crippen LogP contribution < -0.4 is 10.6 Å². The van der Waals surface area contributed by atoms with Crippen molar-refractivity contribution in [2.24, 2.45) is 0 Å². The Bertz CT molecular complexity index is 298. The Kier molecular flexibility index (Phi) is 3.30. The van der Waals surface area contributed by atoms with Crippen LogP contribution in [0.15, 0.2) is 24.4 Å². The minimum absolute atomic E-state index is 0.0137. The van der Waals surface area contributed by atoms with Crippen molar-refractivity contribution in [3.8, 4) is 0 Å². The lowest BCUT2D eigenvalue weighted by molar-refractivity contribution is 0.157. The Balaban J connectivity index is 2.02. The predicted molar refractivity (Wildman–Crippen MR) is 58.7 cm³/mol. The van der Waals surface area contributed by atoms with E-state index in [1.165, 1.54) is 0 Å². The van der Waals surface area contributed by atoms with Gasteiger partial charge in [-0.15, -0.1) is 0 Å². The summed E-state index contributed by atoms with van der Waals surface area (Å²) in [6, 6.07) is 6.04. The lowest BCUT2D eigenvalue weighted by atomic mass is 9.88. The summed E-state index contributed by atoms with van der Waals surface area (Å²) in [4.78, 5) is 4.41. The van der Waals surface area contributed by atoms with E-state index in [2.05, 4.69) is 21.7 Å². The van der Waals surface area contributed by atoms with Crippen LogP contribution in [0, 0.1) is 0 Å². The molecular weight excluding hydrogens is 190 g/mol. The van der Waals surface area contributed by atoms with E-state index >= 15 is 0 Å². The third kappa shape index (κ3) is 2.17. The van der Waals surface area contributed by atoms with Crippen molar-refractivity contribution in [2.75, 3.05) is 33.4 Å². The molecule has 0 amide bonds. The normalized spacial score (nSPS) is 18.5. The largest absolute Gasteiger partial charge is 0.383 e. The molecule has 2 heterocycles. The van der Waals surface area contributed by atoms with E-state index in [0.29, 0.717) is 0 Å². The van der Waals surface area contributed by atoms with Gasteiger partial charge in [-0.3, -0.25) is 4.98 Å². The van der Waals surface area contributed by atoms with Gasteiger partial charge in [-0.1, -0.05) is 6.07 Å². The Morgan fingerprint density at radius 1 is 1.53 bits per heavy atom. The van der Waals surface area contributed by atoms with Crippen molar-refractivity contribution in [2.45, 2.75) is 5.54 Å². The molecule has 0 bridgehead atoms. The van der Waals surface area contributed by atoms with Crippen LogP contribution in [-0.2, 0) is 10.3 Å². The van der Waals surface area contributed by atoms with Crippen LogP contribution in [0.2, 0.25) is 0 Å². The summed E-state index contributed by atoms with van der Waals surface area (Å²) in [6.45, 7) is 3.46. The maximum atomic E-state index is 5.04. The fraction of sp³-hybridized carbons (Fsp3) is 0.545. The fourth-order valence-electron chi connectivity index (χ4n) is 1.81. The molecular formula is C11H17N3O. The summed E-state index contributed by atoms with van der Waals surface area (Å²) < 4.78 is 5.04. The first kappa shape index (κ1) is 10.5. The number of methoxy groups -OCH3 is 1. The molecule has 0 radical (unpaired) electrons. The molecule has 2 rings (SSSR count). The highest BCUT2D eigenvalue weighted by Gasteiger charge is 2.39. The van der Waals surface area contributed by atoms with E-state index in [-0.39, 0.29) is 5.54 Å². The molecule has 0 aromatic carbocycles. The highest BCUT2D eigenvalue weighted by atomic mass is 16.5. The molecule has 0 saturated carbocycles. The number of ether oxygens (including phenoxy) is 1. The van der Waals surface area contributed by atoms with E-state index in [0.717, 1.165) is 31.9 Å². The fourth-order valence-corrected chi connectivity index (χ4v) is 1.81. The standard InChI is InChI=1S/C11H17N3O/c1-15-7-6-14-11(8-12-9-11)10-4-2-3-5-13-10/h2-5,12,14H,6-9H2,1H3. The maximum absolute atomic E-state index is 5.04. The topological polar surface area (TPSA) is 46.2 Å². The first-order chi connectivity index (χ1) is 7.37. The maximum Gasteiger partial charge on any atom is 0.0861 e. The molecule has 2 N–H and O–H groups in total. The number of hydrogen-bond acceptors (Lipinski definition) is 4. The Morgan fingerprint density at radius 3 is 2.93 bits per heavy atom. The zero-order chi connectivity index (χ0) is 10.6. The van der Waals surface area contributed by atoms with E-state index in [1.807, 2.05) is 18.3 Å². The Morgan fingerprint density at radius 2 is 2.40 bits per heavy atom. The first-order valence-electron chi connectivity index (χ1n) is 5.24. The van der Waals surface area contributed by atoms with E-state index in [1.54, 1.807) is 7.11 Å². The molecule has 82 valence electrons. The molecule has 1 aliphatic heterocycles. The van der Waals surface area contributed by atoms with Gasteiger partial charge in [0, 0.05) is 32.9 Å². The molecule has 0 unspecified atom stereocenters. The second kappa shape index (κ2) is 4.70. The van der Waals surface area contributed by atoms with Crippen LogP contribution >= 0.6 is 0 Å². The number of rotatable bonds is 5. The first-order valence-corrected chi connectivity index (χ1v) is 5.24. The molecule has 0 aliphatic carbocycles. The summed E-state index contributed by atoms with van der Waals surface area (Å²) in [6.07, 6.45) is 1.84. The molecule has 4 nitrogen and oxygen atoms in total. The van der Waals surface area contributed by atoms with Crippen molar-refractivity contribution in [3.63, 3.8) is 0 Å². The lowest BCUT2D eigenvalue weighted by Crippen LogP contribution is -2.65. The van der Waals surface area contributed by atoms with Gasteiger partial charge in [-0.05, 0) is 12.1 Å². The van der Waals surface area contributed by atoms with Crippen molar-refractivity contribution in [1.29, 1.82) is 0 Å². The molecule has 0 atom stereocenters. The van der Waals surface area contributed by atoms with Crippen molar-refractivity contribution in [3.05, 3.63) is 30.1 Å². The summed E-state index contributed by atoms with van der Waals surface area (Å²) in [5.74, 6) is 0. The second-order valence-corrected chi connectivity index (χ2v) is 3.82. The van der Waals surface area contributed by atoms with Crippen LogP contribution in [0.5, 0.6) is 0 Å². The minimum Gasteiger partial charge on any atom is -0.383 e. The van der Waals surface area contributed by atoms with Gasteiger partial charge < -0.3 is 15.4 Å². The number of aromatic nitrogens is 1. The zero-order valence-electron chi connectivity index (χ0n) is 8.99. The van der Waals surface area contributed by atoms with Gasteiger partial charge in [0.1, 0.15) is 0 Å². The van der Waals surface area contributed by atoms with E-state index in [4.69, 9.17) is 4.74 Å². The van der Waals surface area contributed by atoms with Crippen LogP contribution in [-0.4, -0.2) is 38.3 Å². The van der Waals surface area contributed by atoms with E-state index in [9.17, 15) is 0 Å². The molecule has 1 aromatic heterocycles. The summed E-state index contributed by atoms with van der Waals surface area (Å²) in [5, 5.41) is 6.78. The third-order valence-electron chi connectivity index (χ3n) is 2.78. The van der Waals surface area contributed by atoms with Gasteiger partial charge in [-0.25, -0.2) is 0 Å². The average molecular weight is 207 g/mol. The molecule has 1 aliphatic rings. The number of pyridine rings is 1. The SMILES string of the molecule is COCCNC1(c2ccccn2)CNC1. The van der Waals surface area contributed by atoms with Gasteiger partial charge in [0.2, 0.25) is 0 Å². The van der Waals surface area contributed by atoms with Crippen molar-refractivity contribution >= 4 is 0 Å². The Labute approximate surface area is 90.0 Å². The van der Waals surface area contributed by atoms with Crippen LogP contribution in [0.3, 0.4) is 0 Å². The van der Waals surface area contributed by atoms with Gasteiger partial charge in [0.25, 0.3) is 0 Å². The molecule has 1 aromatic rings. The van der Waals surface area contributed by atoms with Gasteiger partial charge >= 0.3 is 0 Å². The summed E-state index contributed by atoms with van der Waals surface area (Å²) in [7, 11) is 1.72. The number of nitrogens with one attached hydrogen (secondary N) is 2. The average Bonchev–Trinajstić information content (AvgIpc) is 2.23. The van der Waals surface area contributed by atoms with Gasteiger partial charge in [-0.2, -0.15) is 0 Å². The van der Waals surface area contributed by atoms with Gasteiger partial charge in [0.05, 0.1) is 17.8 Å². The van der Waals surface area contributed by atoms with Gasteiger partial charge in [0.15, 0.2) is 0 Å². The molecule has 1 fully saturated rings. The third-order valence-corrected chi connectivity index (χ3v) is 2.78. The monoisotopic (exact) mass is 207 g/mol. The smallest absolute Gasteiger partial charge is 0.0861 e. The number of hydrogen-bond donors (Lipinski definition) is 2. The zero-order valence-corrected chi connectivity index (χ0v) is 8.99. The highest BCUT2D eigenvalue weighted by molar-refractivity contribution is 5.21. The lowest BCUT2D eigenvalue weighted by Gasteiger charge is -2.43. The molecule has 4 heteroatoms. The molecule has 0 spiro atoms. The van der Waals surface area contributed by atoms with Crippen molar-refractivity contribution < 1.29 is 4.74 Å². The van der Waals surface area contributed by atoms with Crippen molar-refractivity contribution in [1.82, 2.24) is 15.6 Å². The highest BCUT2D eigenvalue weighted by Crippen LogP contribution is 2.22. The van der Waals surface area contributed by atoms with Crippen LogP contribution in [0.1, 0.15) is 5.69 Å². The van der Waals surface area contributed by atoms with Crippen LogP contribution in [0.25, 0.3) is 0 Å². The van der Waals surface area contributed by atoms with Crippen LogP contribution in [0.4, 0.5) is 0 Å². The Hall–Kier alpha value is -0.970. The summed E-state index contributed by atoms with van der Waals surface area (Å²) in [5.41, 5.74) is 1.12. The minimum atomic E-state index is 0.0137. The predicted octanol–water partition coefficient (Wildman–Crippen LogP) is 0.116. The quantitative estimate of drug-likeness (QED) is 0.673. The number of nitrogens with zero attached hydrogens (tertiary/aromatic N) is 1. The molecule has 15 heavy (non-hydrogen) atoms. The second-order valence-electron chi connectivity index (χ2n) is 3.82. The van der Waals surface area contributed by atoms with E-state index < -0.39 is 0 Å².